The molecule has 0 fully saturated rings. The molecule has 0 saturated heterocycles. The minimum Gasteiger partial charge on any atom is -0.496 e. The van der Waals surface area contributed by atoms with E-state index in [1.54, 1.807) is 31.4 Å². The minimum atomic E-state index is -0.509. The quantitative estimate of drug-likeness (QED) is 0.668. The van der Waals surface area contributed by atoms with Gasteiger partial charge in [-0.05, 0) is 35.9 Å². The minimum absolute atomic E-state index is 0.0579. The highest BCUT2D eigenvalue weighted by Gasteiger charge is 2.18. The van der Waals surface area contributed by atoms with Gasteiger partial charge in [0.25, 0.3) is 0 Å². The second-order valence-corrected chi connectivity index (χ2v) is 5.00. The maximum Gasteiger partial charge on any atom is 0.142 e. The summed E-state index contributed by atoms with van der Waals surface area (Å²) >= 11 is 11.7. The van der Waals surface area contributed by atoms with Crippen molar-refractivity contribution in [2.24, 2.45) is 5.84 Å². The van der Waals surface area contributed by atoms with Gasteiger partial charge in [-0.2, -0.15) is 0 Å². The Morgan fingerprint density at radius 2 is 1.95 bits per heavy atom. The van der Waals surface area contributed by atoms with Crippen molar-refractivity contribution in [3.05, 3.63) is 63.4 Å². The van der Waals surface area contributed by atoms with Crippen LogP contribution < -0.4 is 16.0 Å². The van der Waals surface area contributed by atoms with Crippen LogP contribution in [0.15, 0.2) is 36.4 Å². The van der Waals surface area contributed by atoms with E-state index in [1.165, 1.54) is 12.1 Å². The second kappa shape index (κ2) is 6.41. The zero-order valence-electron chi connectivity index (χ0n) is 10.7. The molecule has 0 radical (unpaired) electrons. The van der Waals surface area contributed by atoms with E-state index in [9.17, 15) is 4.39 Å². The number of benzene rings is 2. The summed E-state index contributed by atoms with van der Waals surface area (Å²) in [4.78, 5) is 0. The summed E-state index contributed by atoms with van der Waals surface area (Å²) in [6.45, 7) is 0. The van der Waals surface area contributed by atoms with Gasteiger partial charge in [-0.25, -0.2) is 9.82 Å². The smallest absolute Gasteiger partial charge is 0.142 e. The highest BCUT2D eigenvalue weighted by molar-refractivity contribution is 6.31. The Morgan fingerprint density at radius 1 is 1.20 bits per heavy atom. The summed E-state index contributed by atoms with van der Waals surface area (Å²) in [6.07, 6.45) is 0. The van der Waals surface area contributed by atoms with Gasteiger partial charge >= 0.3 is 0 Å². The van der Waals surface area contributed by atoms with Crippen molar-refractivity contribution in [2.75, 3.05) is 7.11 Å². The Labute approximate surface area is 126 Å². The molecule has 0 aliphatic carbocycles. The van der Waals surface area contributed by atoms with Crippen LogP contribution in [0.5, 0.6) is 5.75 Å². The van der Waals surface area contributed by atoms with Gasteiger partial charge in [0, 0.05) is 10.6 Å². The van der Waals surface area contributed by atoms with E-state index < -0.39 is 11.9 Å². The molecule has 0 saturated carbocycles. The summed E-state index contributed by atoms with van der Waals surface area (Å²) in [5.74, 6) is 5.69. The van der Waals surface area contributed by atoms with Gasteiger partial charge < -0.3 is 4.74 Å². The van der Waals surface area contributed by atoms with Crippen LogP contribution in [0.25, 0.3) is 0 Å². The van der Waals surface area contributed by atoms with Crippen LogP contribution >= 0.6 is 23.2 Å². The molecule has 0 heterocycles. The predicted molar refractivity (Wildman–Crippen MR) is 78.6 cm³/mol. The number of hydrazine groups is 1. The van der Waals surface area contributed by atoms with Gasteiger partial charge in [-0.15, -0.1) is 0 Å². The van der Waals surface area contributed by atoms with Crippen LogP contribution in [-0.2, 0) is 0 Å². The van der Waals surface area contributed by atoms with E-state index in [0.29, 0.717) is 21.9 Å². The lowest BCUT2D eigenvalue weighted by atomic mass is 9.98. The third-order valence-electron chi connectivity index (χ3n) is 2.95. The van der Waals surface area contributed by atoms with Gasteiger partial charge in [-0.3, -0.25) is 5.84 Å². The number of hydrogen-bond donors (Lipinski definition) is 2. The molecule has 0 aromatic heterocycles. The fourth-order valence-corrected chi connectivity index (χ4v) is 2.29. The maximum atomic E-state index is 13.6. The first kappa shape index (κ1) is 15.1. The van der Waals surface area contributed by atoms with Crippen LogP contribution in [0, 0.1) is 5.82 Å². The molecule has 3 nitrogen and oxygen atoms in total. The number of hydrogen-bond acceptors (Lipinski definition) is 3. The largest absolute Gasteiger partial charge is 0.496 e. The molecule has 0 bridgehead atoms. The molecule has 0 aliphatic heterocycles. The lowest BCUT2D eigenvalue weighted by Crippen LogP contribution is -2.29. The van der Waals surface area contributed by atoms with Crippen molar-refractivity contribution in [3.63, 3.8) is 0 Å². The summed E-state index contributed by atoms with van der Waals surface area (Å²) in [5.41, 5.74) is 3.97. The molecular weight excluding hydrogens is 302 g/mol. The van der Waals surface area contributed by atoms with Crippen molar-refractivity contribution < 1.29 is 9.13 Å². The number of halogens is 3. The van der Waals surface area contributed by atoms with Crippen molar-refractivity contribution in [3.8, 4) is 5.75 Å². The van der Waals surface area contributed by atoms with Crippen molar-refractivity contribution >= 4 is 23.2 Å². The molecule has 20 heavy (non-hydrogen) atoms. The van der Waals surface area contributed by atoms with E-state index in [1.807, 2.05) is 0 Å². The monoisotopic (exact) mass is 314 g/mol. The van der Waals surface area contributed by atoms with Crippen molar-refractivity contribution in [1.82, 2.24) is 5.43 Å². The predicted octanol–water partition coefficient (Wildman–Crippen LogP) is 3.69. The average molecular weight is 315 g/mol. The van der Waals surface area contributed by atoms with E-state index in [4.69, 9.17) is 33.8 Å². The Bertz CT molecular complexity index is 622. The average Bonchev–Trinajstić information content (AvgIpc) is 2.44. The van der Waals surface area contributed by atoms with Crippen LogP contribution in [0.1, 0.15) is 17.2 Å². The van der Waals surface area contributed by atoms with Crippen molar-refractivity contribution in [1.29, 1.82) is 0 Å². The molecule has 2 rings (SSSR count). The summed E-state index contributed by atoms with van der Waals surface area (Å²) < 4.78 is 18.9. The highest BCUT2D eigenvalue weighted by atomic mass is 35.5. The van der Waals surface area contributed by atoms with E-state index in [-0.39, 0.29) is 5.02 Å². The lowest BCUT2D eigenvalue weighted by Gasteiger charge is -2.20. The molecule has 0 aliphatic rings. The van der Waals surface area contributed by atoms with Gasteiger partial charge in [0.05, 0.1) is 18.2 Å². The standard InChI is InChI=1S/C14H13Cl2FN2O/c1-20-13-5-3-9(15)7-10(13)14(19-18)8-2-4-11(16)12(17)6-8/h2-7,14,19H,18H2,1H3. The Hall–Kier alpha value is -1.33. The Morgan fingerprint density at radius 3 is 2.55 bits per heavy atom. The lowest BCUT2D eigenvalue weighted by molar-refractivity contribution is 0.404. The number of nitrogens with one attached hydrogen (secondary N) is 1. The molecule has 1 atom stereocenters. The molecule has 2 aromatic carbocycles. The topological polar surface area (TPSA) is 47.3 Å². The highest BCUT2D eigenvalue weighted by Crippen LogP contribution is 2.32. The van der Waals surface area contributed by atoms with Gasteiger partial charge in [0.1, 0.15) is 11.6 Å². The number of ether oxygens (including phenoxy) is 1. The molecule has 0 spiro atoms. The molecule has 6 heteroatoms. The normalized spacial score (nSPS) is 12.2. The number of nitrogens with two attached hydrogens (primary N) is 1. The second-order valence-electron chi connectivity index (χ2n) is 4.16. The summed E-state index contributed by atoms with van der Waals surface area (Å²) in [6, 6.07) is 9.19. The summed E-state index contributed by atoms with van der Waals surface area (Å²) in [5, 5.41) is 0.595. The number of methoxy groups -OCH3 is 1. The molecule has 1 unspecified atom stereocenters. The zero-order valence-corrected chi connectivity index (χ0v) is 12.2. The van der Waals surface area contributed by atoms with E-state index >= 15 is 0 Å². The first-order valence-electron chi connectivity index (χ1n) is 5.81. The molecule has 106 valence electrons. The molecule has 0 amide bonds. The fourth-order valence-electron chi connectivity index (χ4n) is 1.99. The van der Waals surface area contributed by atoms with E-state index in [2.05, 4.69) is 5.43 Å². The Kier molecular flexibility index (Phi) is 4.83. The van der Waals surface area contributed by atoms with Crippen molar-refractivity contribution in [2.45, 2.75) is 6.04 Å². The molecule has 2 aromatic rings. The van der Waals surface area contributed by atoms with Crippen LogP contribution in [0.3, 0.4) is 0 Å². The first-order valence-corrected chi connectivity index (χ1v) is 6.57. The molecular formula is C14H13Cl2FN2O. The van der Waals surface area contributed by atoms with E-state index in [0.717, 1.165) is 0 Å². The first-order chi connectivity index (χ1) is 9.56. The molecule has 3 N–H and O–H groups in total. The van der Waals surface area contributed by atoms with Crippen LogP contribution in [0.2, 0.25) is 10.0 Å². The van der Waals surface area contributed by atoms with Gasteiger partial charge in [0.15, 0.2) is 0 Å². The number of rotatable bonds is 4. The van der Waals surface area contributed by atoms with Gasteiger partial charge in [0.2, 0.25) is 0 Å². The fraction of sp³-hybridized carbons (Fsp3) is 0.143. The zero-order chi connectivity index (χ0) is 14.7. The van der Waals surface area contributed by atoms with Crippen LogP contribution in [0.4, 0.5) is 4.39 Å². The van der Waals surface area contributed by atoms with Gasteiger partial charge in [-0.1, -0.05) is 29.3 Å². The summed E-state index contributed by atoms with van der Waals surface area (Å²) in [7, 11) is 1.54. The van der Waals surface area contributed by atoms with Crippen LogP contribution in [-0.4, -0.2) is 7.11 Å². The Balaban J connectivity index is 2.51. The third kappa shape index (κ3) is 3.04. The third-order valence-corrected chi connectivity index (χ3v) is 3.49. The maximum absolute atomic E-state index is 13.6. The SMILES string of the molecule is COc1ccc(Cl)cc1C(NN)c1ccc(Cl)c(F)c1.